The van der Waals surface area contributed by atoms with Crippen LogP contribution in [-0.2, 0) is 25.6 Å². The first kappa shape index (κ1) is 21.0. The second kappa shape index (κ2) is 9.60. The highest BCUT2D eigenvalue weighted by atomic mass is 32.1. The summed E-state index contributed by atoms with van der Waals surface area (Å²) >= 11 is 0.851. The summed E-state index contributed by atoms with van der Waals surface area (Å²) in [7, 11) is 3.90. The molecule has 0 amide bonds. The summed E-state index contributed by atoms with van der Waals surface area (Å²) in [5, 5.41) is 0.0628. The van der Waals surface area contributed by atoms with Gasteiger partial charge in [0.2, 0.25) is 0 Å². The van der Waals surface area contributed by atoms with Gasteiger partial charge < -0.3 is 29.4 Å². The molecular weight excluding hydrogens is 390 g/mol. The molecule has 0 aliphatic rings. The van der Waals surface area contributed by atoms with Gasteiger partial charge in [0.1, 0.15) is 33.5 Å². The molecule has 0 bridgehead atoms. The normalized spacial score (nSPS) is 10.1. The van der Waals surface area contributed by atoms with Crippen molar-refractivity contribution in [2.24, 2.45) is 0 Å². The Bertz CT molecular complexity index is 859. The molecule has 0 spiro atoms. The molecule has 0 aliphatic carbocycles. The van der Waals surface area contributed by atoms with Gasteiger partial charge in [0.25, 0.3) is 0 Å². The van der Waals surface area contributed by atoms with E-state index in [1.807, 2.05) is 0 Å². The highest BCUT2D eigenvalue weighted by molar-refractivity contribution is 7.18. The molecule has 0 radical (unpaired) electrons. The number of methoxy groups -OCH3 is 3. The summed E-state index contributed by atoms with van der Waals surface area (Å²) in [4.78, 5) is 35.9. The fourth-order valence-corrected chi connectivity index (χ4v) is 3.19. The minimum absolute atomic E-state index is 0.0308. The maximum atomic E-state index is 12.0. The third-order valence-corrected chi connectivity index (χ3v) is 4.63. The Balaban J connectivity index is 2.06. The molecule has 0 aliphatic heterocycles. The molecule has 0 saturated carbocycles. The molecule has 1 aromatic heterocycles. The minimum atomic E-state index is -0.746. The van der Waals surface area contributed by atoms with Gasteiger partial charge in [-0.15, -0.1) is 11.3 Å². The largest absolute Gasteiger partial charge is 0.497 e. The van der Waals surface area contributed by atoms with E-state index in [9.17, 15) is 14.4 Å². The average Bonchev–Trinajstić information content (AvgIpc) is 3.05. The molecule has 0 unspecified atom stereocenters. The number of nitrogen functional groups attached to an aromatic ring is 1. The van der Waals surface area contributed by atoms with Gasteiger partial charge in [0, 0.05) is 5.56 Å². The molecular formula is C18H19NO8S. The number of nitrogens with two attached hydrogens (primary N) is 1. The van der Waals surface area contributed by atoms with Crippen LogP contribution in [0.4, 0.5) is 5.00 Å². The van der Waals surface area contributed by atoms with E-state index in [1.165, 1.54) is 21.3 Å². The van der Waals surface area contributed by atoms with Crippen LogP contribution in [0.25, 0.3) is 0 Å². The van der Waals surface area contributed by atoms with Crippen molar-refractivity contribution in [2.75, 3.05) is 33.7 Å². The summed E-state index contributed by atoms with van der Waals surface area (Å²) in [6.07, 6.45) is 0. The zero-order valence-electron chi connectivity index (χ0n) is 15.5. The lowest BCUT2D eigenvalue weighted by molar-refractivity contribution is -0.147. The monoisotopic (exact) mass is 409 g/mol. The van der Waals surface area contributed by atoms with Crippen molar-refractivity contribution in [3.8, 4) is 11.5 Å². The summed E-state index contributed by atoms with van der Waals surface area (Å²) < 4.78 is 24.8. The van der Waals surface area contributed by atoms with Crippen LogP contribution in [0.1, 0.15) is 25.6 Å². The number of carbonyl (C=O) groups is 3. The van der Waals surface area contributed by atoms with Crippen LogP contribution >= 0.6 is 11.3 Å². The highest BCUT2D eigenvalue weighted by Crippen LogP contribution is 2.33. The van der Waals surface area contributed by atoms with E-state index in [2.05, 4.69) is 9.47 Å². The lowest BCUT2D eigenvalue weighted by Crippen LogP contribution is -2.17. The zero-order chi connectivity index (χ0) is 20.7. The van der Waals surface area contributed by atoms with Crippen molar-refractivity contribution < 1.29 is 38.1 Å². The van der Waals surface area contributed by atoms with Gasteiger partial charge in [-0.2, -0.15) is 0 Å². The van der Waals surface area contributed by atoms with Crippen LogP contribution in [0, 0.1) is 0 Å². The number of benzene rings is 1. The molecule has 1 heterocycles. The molecule has 2 N–H and O–H groups in total. The molecule has 10 heteroatoms. The van der Waals surface area contributed by atoms with Crippen molar-refractivity contribution in [3.63, 3.8) is 0 Å². The number of anilines is 1. The molecule has 1 aromatic carbocycles. The van der Waals surface area contributed by atoms with Gasteiger partial charge in [0.15, 0.2) is 6.61 Å². The summed E-state index contributed by atoms with van der Waals surface area (Å²) in [5.74, 6) is -1.05. The lowest BCUT2D eigenvalue weighted by Gasteiger charge is -2.09. The first-order valence-corrected chi connectivity index (χ1v) is 8.73. The Morgan fingerprint density at radius 1 is 0.964 bits per heavy atom. The van der Waals surface area contributed by atoms with Gasteiger partial charge in [-0.1, -0.05) is 0 Å². The van der Waals surface area contributed by atoms with Crippen molar-refractivity contribution in [1.29, 1.82) is 0 Å². The summed E-state index contributed by atoms with van der Waals surface area (Å²) in [6, 6.07) is 6.63. The fourth-order valence-electron chi connectivity index (χ4n) is 2.21. The molecule has 2 rings (SSSR count). The van der Waals surface area contributed by atoms with E-state index in [4.69, 9.17) is 19.9 Å². The van der Waals surface area contributed by atoms with E-state index in [0.29, 0.717) is 11.5 Å². The summed E-state index contributed by atoms with van der Waals surface area (Å²) in [6.45, 7) is -0.736. The topological polar surface area (TPSA) is 123 Å². The first-order chi connectivity index (χ1) is 13.4. The molecule has 150 valence electrons. The Kier molecular flexibility index (Phi) is 7.21. The van der Waals surface area contributed by atoms with E-state index in [1.54, 1.807) is 24.3 Å². The van der Waals surface area contributed by atoms with Crippen molar-refractivity contribution in [3.05, 3.63) is 40.3 Å². The molecule has 0 saturated heterocycles. The van der Waals surface area contributed by atoms with Crippen molar-refractivity contribution in [1.82, 2.24) is 0 Å². The van der Waals surface area contributed by atoms with Gasteiger partial charge in [0.05, 0.1) is 21.3 Å². The highest BCUT2D eigenvalue weighted by Gasteiger charge is 2.28. The number of hydrogen-bond acceptors (Lipinski definition) is 10. The summed E-state index contributed by atoms with van der Waals surface area (Å²) in [5.41, 5.74) is 5.90. The molecule has 2 aromatic rings. The Labute approximate surface area is 164 Å². The standard InChI is InChI=1S/C18H19NO8S/c1-23-10-4-6-11(7-5-10)26-9-13(20)27-8-12-14(17(21)24-2)16(19)28-15(12)18(22)25-3/h4-7H,8-9,19H2,1-3H3. The smallest absolute Gasteiger partial charge is 0.348 e. The fraction of sp³-hybridized carbons (Fsp3) is 0.278. The maximum absolute atomic E-state index is 12.0. The van der Waals surface area contributed by atoms with E-state index in [-0.39, 0.29) is 34.2 Å². The average molecular weight is 409 g/mol. The van der Waals surface area contributed by atoms with E-state index >= 15 is 0 Å². The number of carbonyl (C=O) groups excluding carboxylic acids is 3. The van der Waals surface area contributed by atoms with Crippen LogP contribution in [0.2, 0.25) is 0 Å². The van der Waals surface area contributed by atoms with Gasteiger partial charge in [-0.05, 0) is 24.3 Å². The third-order valence-electron chi connectivity index (χ3n) is 3.59. The first-order valence-electron chi connectivity index (χ1n) is 7.91. The Morgan fingerprint density at radius 2 is 1.57 bits per heavy atom. The van der Waals surface area contributed by atoms with E-state index in [0.717, 1.165) is 11.3 Å². The van der Waals surface area contributed by atoms with Crippen LogP contribution in [0.5, 0.6) is 11.5 Å². The predicted molar refractivity (Wildman–Crippen MR) is 99.7 cm³/mol. The number of thiophene rings is 1. The molecule has 28 heavy (non-hydrogen) atoms. The molecule has 9 nitrogen and oxygen atoms in total. The number of rotatable bonds is 8. The van der Waals surface area contributed by atoms with Gasteiger partial charge in [-0.3, -0.25) is 0 Å². The van der Waals surface area contributed by atoms with Crippen LogP contribution < -0.4 is 15.2 Å². The van der Waals surface area contributed by atoms with Crippen LogP contribution in [0.3, 0.4) is 0 Å². The molecule has 0 atom stereocenters. The van der Waals surface area contributed by atoms with Crippen LogP contribution in [-0.4, -0.2) is 45.8 Å². The Hall–Kier alpha value is -3.27. The Morgan fingerprint density at radius 3 is 2.14 bits per heavy atom. The third kappa shape index (κ3) is 4.92. The number of esters is 3. The minimum Gasteiger partial charge on any atom is -0.497 e. The zero-order valence-corrected chi connectivity index (χ0v) is 16.3. The second-order valence-corrected chi connectivity index (χ2v) is 6.31. The van der Waals surface area contributed by atoms with E-state index < -0.39 is 17.9 Å². The lowest BCUT2D eigenvalue weighted by atomic mass is 10.1. The van der Waals surface area contributed by atoms with Crippen LogP contribution in [0.15, 0.2) is 24.3 Å². The SMILES string of the molecule is COC(=O)c1sc(N)c(C(=O)OC)c1COC(=O)COc1ccc(OC)cc1. The van der Waals surface area contributed by atoms with Crippen molar-refractivity contribution >= 4 is 34.2 Å². The second-order valence-electron chi connectivity index (χ2n) is 5.26. The van der Waals surface area contributed by atoms with Gasteiger partial charge in [-0.25, -0.2) is 14.4 Å². The number of ether oxygens (including phenoxy) is 5. The number of hydrogen-bond donors (Lipinski definition) is 1. The van der Waals surface area contributed by atoms with Crippen molar-refractivity contribution in [2.45, 2.75) is 6.61 Å². The quantitative estimate of drug-likeness (QED) is 0.515. The van der Waals surface area contributed by atoms with Gasteiger partial charge >= 0.3 is 17.9 Å². The predicted octanol–water partition coefficient (Wildman–Crippen LogP) is 2.03. The molecule has 0 fully saturated rings. The maximum Gasteiger partial charge on any atom is 0.348 e.